The number of amides is 3. The zero-order valence-electron chi connectivity index (χ0n) is 16.2. The van der Waals surface area contributed by atoms with Crippen LogP contribution in [0.1, 0.15) is 27.5 Å². The first-order valence-corrected chi connectivity index (χ1v) is 9.65. The number of hydroxylamine groups is 1. The molecule has 2 heterocycles. The van der Waals surface area contributed by atoms with Gasteiger partial charge in [0.15, 0.2) is 0 Å². The first-order chi connectivity index (χ1) is 14.6. The SMILES string of the molecule is O=C(NO)c1ccc2c(c1)OC[C@@H](c1cccc(F)c1)N(C(=O)N1CCOCC1)C2. The molecular weight excluding hydrogens is 393 g/mol. The van der Waals surface area contributed by atoms with Crippen LogP contribution in [0.15, 0.2) is 42.5 Å². The third kappa shape index (κ3) is 4.07. The number of benzene rings is 2. The van der Waals surface area contributed by atoms with Crippen molar-refractivity contribution >= 4 is 11.9 Å². The van der Waals surface area contributed by atoms with Crippen molar-refractivity contribution in [3.05, 3.63) is 65.0 Å². The molecule has 3 amide bonds. The van der Waals surface area contributed by atoms with Crippen LogP contribution in [-0.4, -0.2) is 59.9 Å². The summed E-state index contributed by atoms with van der Waals surface area (Å²) in [5.74, 6) is -0.613. The quantitative estimate of drug-likeness (QED) is 0.580. The largest absolute Gasteiger partial charge is 0.491 e. The van der Waals surface area contributed by atoms with E-state index < -0.39 is 17.8 Å². The maximum atomic E-state index is 13.9. The van der Waals surface area contributed by atoms with Crippen LogP contribution < -0.4 is 10.2 Å². The third-order valence-corrected chi connectivity index (χ3v) is 5.31. The smallest absolute Gasteiger partial charge is 0.321 e. The van der Waals surface area contributed by atoms with Gasteiger partial charge in [0.2, 0.25) is 0 Å². The van der Waals surface area contributed by atoms with Crippen LogP contribution in [0.2, 0.25) is 0 Å². The van der Waals surface area contributed by atoms with Gasteiger partial charge in [-0.05, 0) is 29.8 Å². The van der Waals surface area contributed by atoms with Crippen molar-refractivity contribution in [3.63, 3.8) is 0 Å². The summed E-state index contributed by atoms with van der Waals surface area (Å²) in [7, 11) is 0. The highest BCUT2D eigenvalue weighted by molar-refractivity contribution is 5.93. The topological polar surface area (TPSA) is 91.3 Å². The minimum atomic E-state index is -0.659. The van der Waals surface area contributed by atoms with Gasteiger partial charge < -0.3 is 19.3 Å². The first kappa shape index (κ1) is 20.1. The summed E-state index contributed by atoms with van der Waals surface area (Å²) in [6.07, 6.45) is 0. The molecule has 4 rings (SSSR count). The number of morpholine rings is 1. The van der Waals surface area contributed by atoms with Gasteiger partial charge in [-0.3, -0.25) is 10.0 Å². The van der Waals surface area contributed by atoms with Crippen molar-refractivity contribution in [1.82, 2.24) is 15.3 Å². The zero-order valence-corrected chi connectivity index (χ0v) is 16.2. The summed E-state index contributed by atoms with van der Waals surface area (Å²) in [6.45, 7) is 2.22. The van der Waals surface area contributed by atoms with Crippen LogP contribution in [0.25, 0.3) is 0 Å². The van der Waals surface area contributed by atoms with Gasteiger partial charge >= 0.3 is 6.03 Å². The van der Waals surface area contributed by atoms with E-state index in [1.807, 2.05) is 0 Å². The van der Waals surface area contributed by atoms with Gasteiger partial charge in [-0.2, -0.15) is 0 Å². The van der Waals surface area contributed by atoms with E-state index in [4.69, 9.17) is 14.7 Å². The van der Waals surface area contributed by atoms with E-state index in [0.717, 1.165) is 0 Å². The second-order valence-electron chi connectivity index (χ2n) is 7.16. The monoisotopic (exact) mass is 415 g/mol. The van der Waals surface area contributed by atoms with Crippen molar-refractivity contribution < 1.29 is 28.7 Å². The van der Waals surface area contributed by atoms with E-state index in [1.54, 1.807) is 39.5 Å². The Hall–Kier alpha value is -3.17. The average molecular weight is 415 g/mol. The number of ether oxygens (including phenoxy) is 2. The Morgan fingerprint density at radius 3 is 2.67 bits per heavy atom. The van der Waals surface area contributed by atoms with Crippen molar-refractivity contribution in [2.45, 2.75) is 12.6 Å². The maximum Gasteiger partial charge on any atom is 0.321 e. The number of rotatable bonds is 2. The number of urea groups is 1. The lowest BCUT2D eigenvalue weighted by atomic mass is 10.0. The molecule has 0 aliphatic carbocycles. The van der Waals surface area contributed by atoms with Gasteiger partial charge in [0.1, 0.15) is 18.2 Å². The van der Waals surface area contributed by atoms with E-state index >= 15 is 0 Å². The Labute approximate surface area is 172 Å². The molecule has 0 radical (unpaired) electrons. The fourth-order valence-corrected chi connectivity index (χ4v) is 3.70. The highest BCUT2D eigenvalue weighted by Gasteiger charge is 2.33. The minimum Gasteiger partial charge on any atom is -0.491 e. The molecule has 1 saturated heterocycles. The lowest BCUT2D eigenvalue weighted by Crippen LogP contribution is -2.49. The van der Waals surface area contributed by atoms with Crippen LogP contribution in [0.4, 0.5) is 9.18 Å². The summed E-state index contributed by atoms with van der Waals surface area (Å²) >= 11 is 0. The number of nitrogens with zero attached hydrogens (tertiary/aromatic N) is 2. The van der Waals surface area contributed by atoms with Crippen LogP contribution in [0.5, 0.6) is 5.75 Å². The molecular formula is C21H22FN3O5. The Bertz CT molecular complexity index is 948. The molecule has 0 unspecified atom stereocenters. The number of hydrogen-bond donors (Lipinski definition) is 2. The number of hydrogen-bond acceptors (Lipinski definition) is 5. The Morgan fingerprint density at radius 1 is 1.13 bits per heavy atom. The fraction of sp³-hybridized carbons (Fsp3) is 0.333. The molecule has 158 valence electrons. The lowest BCUT2D eigenvalue weighted by Gasteiger charge is -2.36. The van der Waals surface area contributed by atoms with Gasteiger partial charge in [-0.1, -0.05) is 18.2 Å². The molecule has 0 saturated carbocycles. The molecule has 0 aromatic heterocycles. The number of nitrogens with one attached hydrogen (secondary N) is 1. The van der Waals surface area contributed by atoms with Crippen molar-refractivity contribution in [2.75, 3.05) is 32.9 Å². The average Bonchev–Trinajstić information content (AvgIpc) is 2.98. The van der Waals surface area contributed by atoms with E-state index in [9.17, 15) is 14.0 Å². The molecule has 2 aromatic rings. The van der Waals surface area contributed by atoms with Gasteiger partial charge in [-0.25, -0.2) is 14.7 Å². The number of halogens is 1. The van der Waals surface area contributed by atoms with Crippen LogP contribution in [0.3, 0.4) is 0 Å². The maximum absolute atomic E-state index is 13.9. The first-order valence-electron chi connectivity index (χ1n) is 9.65. The molecule has 9 heteroatoms. The summed E-state index contributed by atoms with van der Waals surface area (Å²) < 4.78 is 25.2. The normalized spacial score (nSPS) is 18.8. The van der Waals surface area contributed by atoms with Gasteiger partial charge in [-0.15, -0.1) is 0 Å². The zero-order chi connectivity index (χ0) is 21.1. The molecule has 0 spiro atoms. The number of fused-ring (bicyclic) bond motifs is 1. The second-order valence-corrected chi connectivity index (χ2v) is 7.16. The molecule has 1 fully saturated rings. The minimum absolute atomic E-state index is 0.0940. The number of carbonyl (C=O) groups is 2. The Kier molecular flexibility index (Phi) is 5.82. The second kappa shape index (κ2) is 8.68. The summed E-state index contributed by atoms with van der Waals surface area (Å²) in [4.78, 5) is 28.5. The van der Waals surface area contributed by atoms with Gasteiger partial charge in [0.25, 0.3) is 5.91 Å². The molecule has 2 aliphatic rings. The van der Waals surface area contributed by atoms with Crippen LogP contribution >= 0.6 is 0 Å². The summed E-state index contributed by atoms with van der Waals surface area (Å²) in [5.41, 5.74) is 3.16. The molecule has 8 nitrogen and oxygen atoms in total. The predicted molar refractivity (Wildman–Crippen MR) is 104 cm³/mol. The van der Waals surface area contributed by atoms with Gasteiger partial charge in [0, 0.05) is 24.2 Å². The van der Waals surface area contributed by atoms with Crippen molar-refractivity contribution in [3.8, 4) is 5.75 Å². The van der Waals surface area contributed by atoms with E-state index in [1.165, 1.54) is 18.2 Å². The Morgan fingerprint density at radius 2 is 1.93 bits per heavy atom. The van der Waals surface area contributed by atoms with Crippen molar-refractivity contribution in [1.29, 1.82) is 0 Å². The molecule has 30 heavy (non-hydrogen) atoms. The lowest BCUT2D eigenvalue weighted by molar-refractivity contribution is 0.0362. The van der Waals surface area contributed by atoms with Crippen LogP contribution in [0, 0.1) is 5.82 Å². The van der Waals surface area contributed by atoms with Crippen molar-refractivity contribution in [2.24, 2.45) is 0 Å². The van der Waals surface area contributed by atoms with E-state index in [-0.39, 0.29) is 24.7 Å². The standard InChI is InChI=1S/C21H22FN3O5/c22-17-3-1-2-14(10-17)18-13-30-19-11-15(20(26)23-28)4-5-16(19)12-25(18)21(27)24-6-8-29-9-7-24/h1-5,10-11,18,28H,6-9,12-13H2,(H,23,26)/t18-/m0/s1. The van der Waals surface area contributed by atoms with Crippen LogP contribution in [-0.2, 0) is 11.3 Å². The third-order valence-electron chi connectivity index (χ3n) is 5.31. The Balaban J connectivity index is 1.69. The molecule has 2 aromatic carbocycles. The highest BCUT2D eigenvalue weighted by Crippen LogP contribution is 2.33. The summed E-state index contributed by atoms with van der Waals surface area (Å²) in [5, 5.41) is 8.88. The molecule has 1 atom stereocenters. The summed E-state index contributed by atoms with van der Waals surface area (Å²) in [6, 6.07) is 10.2. The highest BCUT2D eigenvalue weighted by atomic mass is 19.1. The van der Waals surface area contributed by atoms with E-state index in [2.05, 4.69) is 0 Å². The van der Waals surface area contributed by atoms with E-state index in [0.29, 0.717) is 43.2 Å². The number of carbonyl (C=O) groups excluding carboxylic acids is 2. The molecule has 2 N–H and O–H groups in total. The van der Waals surface area contributed by atoms with Gasteiger partial charge in [0.05, 0.1) is 25.8 Å². The predicted octanol–water partition coefficient (Wildman–Crippen LogP) is 2.33. The molecule has 2 aliphatic heterocycles. The molecule has 0 bridgehead atoms. The fourth-order valence-electron chi connectivity index (χ4n) is 3.70.